The molecule has 6 aromatic rings. The Kier molecular flexibility index (Phi) is 2.52. The Morgan fingerprint density at radius 2 is 1.08 bits per heavy atom. The molecule has 0 saturated heterocycles. The van der Waals surface area contributed by atoms with Gasteiger partial charge in [-0.3, -0.25) is 0 Å². The number of nitrogen functional groups attached to an aromatic ring is 1. The van der Waals surface area contributed by atoms with Crippen LogP contribution in [0.3, 0.4) is 0 Å². The third-order valence-corrected chi connectivity index (χ3v) is 5.45. The van der Waals surface area contributed by atoms with Crippen molar-refractivity contribution in [3.05, 3.63) is 84.9 Å². The molecule has 2 nitrogen and oxygen atoms in total. The maximum atomic E-state index is 5.88. The molecule has 0 radical (unpaired) electrons. The van der Waals surface area contributed by atoms with E-state index in [1.54, 1.807) is 0 Å². The number of nitrogens with zero attached hydrogens (tertiary/aromatic N) is 1. The SMILES string of the molecule is Nc1ccc(-c2cc3c4ccccc4n4c5ccccc5c(c2)c34)cc1. The molecular formula is C24H16N2. The number of anilines is 1. The Morgan fingerprint density at radius 3 is 1.65 bits per heavy atom. The van der Waals surface area contributed by atoms with Crippen molar-refractivity contribution in [1.29, 1.82) is 0 Å². The van der Waals surface area contributed by atoms with E-state index in [-0.39, 0.29) is 0 Å². The second kappa shape index (κ2) is 4.77. The fraction of sp³-hybridized carbons (Fsp3) is 0. The highest BCUT2D eigenvalue weighted by Gasteiger charge is 2.17. The van der Waals surface area contributed by atoms with Crippen molar-refractivity contribution in [2.45, 2.75) is 0 Å². The Balaban J connectivity index is 1.87. The van der Waals surface area contributed by atoms with Gasteiger partial charge in [0, 0.05) is 27.2 Å². The van der Waals surface area contributed by atoms with Crippen LogP contribution in [0.15, 0.2) is 84.9 Å². The van der Waals surface area contributed by atoms with E-state index in [0.29, 0.717) is 0 Å². The van der Waals surface area contributed by atoms with Crippen LogP contribution in [0.25, 0.3) is 49.2 Å². The molecule has 0 aliphatic rings. The smallest absolute Gasteiger partial charge is 0.0620 e. The van der Waals surface area contributed by atoms with Crippen molar-refractivity contribution in [2.75, 3.05) is 5.73 Å². The van der Waals surface area contributed by atoms with Gasteiger partial charge < -0.3 is 10.1 Å². The summed E-state index contributed by atoms with van der Waals surface area (Å²) in [5.74, 6) is 0. The van der Waals surface area contributed by atoms with Crippen molar-refractivity contribution in [3.8, 4) is 11.1 Å². The minimum absolute atomic E-state index is 0.793. The van der Waals surface area contributed by atoms with Gasteiger partial charge in [0.25, 0.3) is 0 Å². The molecule has 0 aliphatic heterocycles. The summed E-state index contributed by atoms with van der Waals surface area (Å²) in [5, 5.41) is 5.22. The van der Waals surface area contributed by atoms with E-state index < -0.39 is 0 Å². The quantitative estimate of drug-likeness (QED) is 0.363. The van der Waals surface area contributed by atoms with Gasteiger partial charge in [0.05, 0.1) is 16.6 Å². The van der Waals surface area contributed by atoms with Crippen LogP contribution in [0.4, 0.5) is 5.69 Å². The highest BCUT2D eigenvalue weighted by atomic mass is 14.9. The fourth-order valence-electron chi connectivity index (χ4n) is 4.29. The van der Waals surface area contributed by atoms with E-state index in [9.17, 15) is 0 Å². The van der Waals surface area contributed by atoms with Gasteiger partial charge in [-0.15, -0.1) is 0 Å². The number of hydrogen-bond donors (Lipinski definition) is 1. The molecule has 0 aliphatic carbocycles. The molecule has 0 unspecified atom stereocenters. The van der Waals surface area contributed by atoms with Crippen LogP contribution in [-0.2, 0) is 0 Å². The van der Waals surface area contributed by atoms with E-state index in [2.05, 4.69) is 77.2 Å². The van der Waals surface area contributed by atoms with Gasteiger partial charge in [0.2, 0.25) is 0 Å². The summed E-state index contributed by atoms with van der Waals surface area (Å²) < 4.78 is 2.40. The first kappa shape index (κ1) is 13.7. The predicted octanol–water partition coefficient (Wildman–Crippen LogP) is 6.09. The van der Waals surface area contributed by atoms with Crippen LogP contribution < -0.4 is 5.73 Å². The number of para-hydroxylation sites is 2. The molecule has 2 N–H and O–H groups in total. The predicted molar refractivity (Wildman–Crippen MR) is 111 cm³/mol. The summed E-state index contributed by atoms with van der Waals surface area (Å²) in [6.45, 7) is 0. The first-order valence-electron chi connectivity index (χ1n) is 8.84. The summed E-state index contributed by atoms with van der Waals surface area (Å²) in [4.78, 5) is 0. The maximum Gasteiger partial charge on any atom is 0.0620 e. The van der Waals surface area contributed by atoms with Crippen LogP contribution in [0, 0.1) is 0 Å². The molecule has 26 heavy (non-hydrogen) atoms. The maximum absolute atomic E-state index is 5.88. The Morgan fingerprint density at radius 1 is 0.538 bits per heavy atom. The van der Waals surface area contributed by atoms with Gasteiger partial charge in [0.15, 0.2) is 0 Å². The van der Waals surface area contributed by atoms with Gasteiger partial charge in [0.1, 0.15) is 0 Å². The largest absolute Gasteiger partial charge is 0.399 e. The molecular weight excluding hydrogens is 316 g/mol. The van der Waals surface area contributed by atoms with E-state index in [4.69, 9.17) is 5.73 Å². The summed E-state index contributed by atoms with van der Waals surface area (Å²) in [5.41, 5.74) is 12.9. The van der Waals surface area contributed by atoms with Crippen molar-refractivity contribution in [3.63, 3.8) is 0 Å². The minimum atomic E-state index is 0.793. The van der Waals surface area contributed by atoms with Gasteiger partial charge in [-0.05, 0) is 47.5 Å². The van der Waals surface area contributed by atoms with Crippen LogP contribution >= 0.6 is 0 Å². The lowest BCUT2D eigenvalue weighted by molar-refractivity contribution is 1.37. The second-order valence-corrected chi connectivity index (χ2v) is 6.91. The zero-order valence-corrected chi connectivity index (χ0v) is 14.1. The molecule has 0 amide bonds. The lowest BCUT2D eigenvalue weighted by atomic mass is 9.99. The Labute approximate surface area is 150 Å². The van der Waals surface area contributed by atoms with Crippen molar-refractivity contribution in [2.24, 2.45) is 0 Å². The van der Waals surface area contributed by atoms with Crippen LogP contribution in [0.2, 0.25) is 0 Å². The number of hydrogen-bond acceptors (Lipinski definition) is 1. The highest BCUT2D eigenvalue weighted by molar-refractivity contribution is 6.24. The molecule has 2 aromatic heterocycles. The second-order valence-electron chi connectivity index (χ2n) is 6.91. The average molecular weight is 332 g/mol. The number of nitrogens with two attached hydrogens (primary N) is 1. The van der Waals surface area contributed by atoms with Crippen LogP contribution in [-0.4, -0.2) is 4.40 Å². The zero-order valence-electron chi connectivity index (χ0n) is 14.1. The number of rotatable bonds is 1. The minimum Gasteiger partial charge on any atom is -0.399 e. The molecule has 2 heteroatoms. The van der Waals surface area contributed by atoms with E-state index in [0.717, 1.165) is 5.69 Å². The number of benzene rings is 4. The normalized spacial score (nSPS) is 12.0. The molecule has 4 aromatic carbocycles. The van der Waals surface area contributed by atoms with Gasteiger partial charge in [-0.1, -0.05) is 48.5 Å². The molecule has 0 fully saturated rings. The van der Waals surface area contributed by atoms with Crippen LogP contribution in [0.1, 0.15) is 0 Å². The third kappa shape index (κ3) is 1.66. The lowest BCUT2D eigenvalue weighted by Gasteiger charge is -2.04. The van der Waals surface area contributed by atoms with E-state index in [1.165, 1.54) is 49.2 Å². The van der Waals surface area contributed by atoms with Gasteiger partial charge >= 0.3 is 0 Å². The molecule has 0 atom stereocenters. The lowest BCUT2D eigenvalue weighted by Crippen LogP contribution is -1.84. The van der Waals surface area contributed by atoms with E-state index >= 15 is 0 Å². The van der Waals surface area contributed by atoms with Crippen molar-refractivity contribution >= 4 is 43.8 Å². The first-order valence-corrected chi connectivity index (χ1v) is 8.84. The third-order valence-electron chi connectivity index (χ3n) is 5.45. The monoisotopic (exact) mass is 332 g/mol. The standard InChI is InChI=1S/C24H16N2/c25-17-11-9-15(10-12-17)16-13-20-18-5-1-3-7-22(18)26-23-8-4-2-6-19(23)21(14-16)24(20)26/h1-14H,25H2. The molecule has 0 bridgehead atoms. The molecule has 0 saturated carbocycles. The Bertz CT molecular complexity index is 1340. The first-order chi connectivity index (χ1) is 12.8. The number of aromatic nitrogens is 1. The zero-order chi connectivity index (χ0) is 17.3. The summed E-state index contributed by atoms with van der Waals surface area (Å²) >= 11 is 0. The number of fused-ring (bicyclic) bond motifs is 6. The Hall–Kier alpha value is -3.52. The molecule has 122 valence electrons. The fourth-order valence-corrected chi connectivity index (χ4v) is 4.29. The molecule has 0 spiro atoms. The van der Waals surface area contributed by atoms with Gasteiger partial charge in [-0.25, -0.2) is 0 Å². The van der Waals surface area contributed by atoms with E-state index in [1.807, 2.05) is 12.1 Å². The summed E-state index contributed by atoms with van der Waals surface area (Å²) in [7, 11) is 0. The molecule has 2 heterocycles. The topological polar surface area (TPSA) is 30.4 Å². The highest BCUT2D eigenvalue weighted by Crippen LogP contribution is 2.41. The summed E-state index contributed by atoms with van der Waals surface area (Å²) in [6.07, 6.45) is 0. The summed E-state index contributed by atoms with van der Waals surface area (Å²) in [6, 6.07) is 30.1. The van der Waals surface area contributed by atoms with Crippen LogP contribution in [0.5, 0.6) is 0 Å². The van der Waals surface area contributed by atoms with Crippen molar-refractivity contribution < 1.29 is 0 Å². The van der Waals surface area contributed by atoms with Crippen molar-refractivity contribution in [1.82, 2.24) is 4.40 Å². The van der Waals surface area contributed by atoms with Gasteiger partial charge in [-0.2, -0.15) is 0 Å². The molecule has 6 rings (SSSR count). The average Bonchev–Trinajstić information content (AvgIpc) is 3.20.